The van der Waals surface area contributed by atoms with Crippen molar-refractivity contribution in [1.29, 1.82) is 5.41 Å². The summed E-state index contributed by atoms with van der Waals surface area (Å²) in [6.07, 6.45) is 11.8. The van der Waals surface area contributed by atoms with Gasteiger partial charge in [-0.25, -0.2) is 0 Å². The molecule has 4 heteroatoms. The Labute approximate surface area is 162 Å². The van der Waals surface area contributed by atoms with E-state index in [-0.39, 0.29) is 5.92 Å². The summed E-state index contributed by atoms with van der Waals surface area (Å²) in [5, 5.41) is 21.1. The number of aliphatic hydroxyl groups excluding tert-OH is 1. The molecule has 1 atom stereocenters. The third kappa shape index (κ3) is 8.84. The molecule has 0 aromatic carbocycles. The lowest BCUT2D eigenvalue weighted by atomic mass is 10.1. The number of hydrogen-bond donors (Lipinski definition) is 3. The van der Waals surface area contributed by atoms with Gasteiger partial charge in [0.05, 0.1) is 11.4 Å². The fourth-order valence-electron chi connectivity index (χ4n) is 2.20. The Morgan fingerprint density at radius 1 is 1.30 bits per heavy atom. The Bertz CT molecular complexity index is 803. The summed E-state index contributed by atoms with van der Waals surface area (Å²) >= 11 is 0. The van der Waals surface area contributed by atoms with Crippen molar-refractivity contribution in [3.05, 3.63) is 77.3 Å². The minimum absolute atomic E-state index is 0.279. The molecule has 0 saturated heterocycles. The van der Waals surface area contributed by atoms with Gasteiger partial charge in [-0.2, -0.15) is 0 Å². The van der Waals surface area contributed by atoms with E-state index in [1.54, 1.807) is 31.5 Å². The lowest BCUT2D eigenvalue weighted by Crippen LogP contribution is -2.29. The van der Waals surface area contributed by atoms with Gasteiger partial charge in [-0.1, -0.05) is 43.9 Å². The molecule has 1 rings (SSSR count). The Kier molecular flexibility index (Phi) is 9.57. The van der Waals surface area contributed by atoms with Crippen molar-refractivity contribution in [3.8, 4) is 11.8 Å². The molecule has 0 aliphatic heterocycles. The van der Waals surface area contributed by atoms with E-state index in [0.29, 0.717) is 11.4 Å². The first-order chi connectivity index (χ1) is 12.8. The molecule has 0 aliphatic carbocycles. The van der Waals surface area contributed by atoms with Gasteiger partial charge in [0.25, 0.3) is 0 Å². The molecule has 0 aliphatic rings. The molecule has 0 spiro atoms. The summed E-state index contributed by atoms with van der Waals surface area (Å²) in [6, 6.07) is 3.75. The van der Waals surface area contributed by atoms with Gasteiger partial charge in [0.15, 0.2) is 0 Å². The first-order valence-electron chi connectivity index (χ1n) is 8.99. The lowest BCUT2D eigenvalue weighted by Gasteiger charge is -2.14. The van der Waals surface area contributed by atoms with Gasteiger partial charge in [0, 0.05) is 23.5 Å². The van der Waals surface area contributed by atoms with Crippen LogP contribution >= 0.6 is 0 Å². The summed E-state index contributed by atoms with van der Waals surface area (Å²) in [7, 11) is 0. The van der Waals surface area contributed by atoms with Gasteiger partial charge >= 0.3 is 0 Å². The van der Waals surface area contributed by atoms with Crippen LogP contribution < -0.4 is 5.32 Å². The summed E-state index contributed by atoms with van der Waals surface area (Å²) < 4.78 is 0. The summed E-state index contributed by atoms with van der Waals surface area (Å²) in [5.41, 5.74) is 3.64. The quantitative estimate of drug-likeness (QED) is 0.292. The zero-order valence-electron chi connectivity index (χ0n) is 16.7. The Morgan fingerprint density at radius 2 is 2.04 bits per heavy atom. The number of nitrogens with zero attached hydrogens (tertiary/aromatic N) is 1. The third-order valence-corrected chi connectivity index (χ3v) is 3.50. The van der Waals surface area contributed by atoms with Crippen LogP contribution in [0.4, 0.5) is 0 Å². The van der Waals surface area contributed by atoms with Crippen LogP contribution in [0, 0.1) is 23.2 Å². The van der Waals surface area contributed by atoms with E-state index in [2.05, 4.69) is 22.1 Å². The SMILES string of the molecule is C\C=C/C(C)=C(C#Cc1cccnc1)\C=C\C(O)N/C(=C/C(C)C)C(C)=N. The number of nitrogens with one attached hydrogen (secondary N) is 2. The maximum Gasteiger partial charge on any atom is 0.144 e. The molecule has 1 heterocycles. The topological polar surface area (TPSA) is 69.0 Å². The maximum absolute atomic E-state index is 10.3. The third-order valence-electron chi connectivity index (χ3n) is 3.50. The summed E-state index contributed by atoms with van der Waals surface area (Å²) in [6.45, 7) is 9.68. The van der Waals surface area contributed by atoms with E-state index >= 15 is 0 Å². The molecule has 4 nitrogen and oxygen atoms in total. The van der Waals surface area contributed by atoms with Gasteiger partial charge in [-0.05, 0) is 56.5 Å². The average molecular weight is 364 g/mol. The first kappa shape index (κ1) is 22.1. The molecule has 3 N–H and O–H groups in total. The van der Waals surface area contributed by atoms with Crippen molar-refractivity contribution in [3.63, 3.8) is 0 Å². The van der Waals surface area contributed by atoms with Crippen LogP contribution in [0.15, 0.2) is 71.7 Å². The smallest absolute Gasteiger partial charge is 0.144 e. The number of allylic oxidation sites excluding steroid dienone is 7. The highest BCUT2D eigenvalue weighted by atomic mass is 16.3. The zero-order valence-corrected chi connectivity index (χ0v) is 16.7. The van der Waals surface area contributed by atoms with Gasteiger partial charge < -0.3 is 15.8 Å². The Morgan fingerprint density at radius 3 is 2.59 bits per heavy atom. The lowest BCUT2D eigenvalue weighted by molar-refractivity contribution is 0.199. The first-order valence-corrected chi connectivity index (χ1v) is 8.99. The largest absolute Gasteiger partial charge is 0.370 e. The minimum atomic E-state index is -0.913. The van der Waals surface area contributed by atoms with Crippen LogP contribution in [-0.4, -0.2) is 22.0 Å². The number of aliphatic hydroxyl groups is 1. The van der Waals surface area contributed by atoms with Crippen LogP contribution in [0.2, 0.25) is 0 Å². The van der Waals surface area contributed by atoms with E-state index in [0.717, 1.165) is 16.7 Å². The highest BCUT2D eigenvalue weighted by molar-refractivity contribution is 5.95. The normalized spacial score (nSPS) is 14.1. The second-order valence-corrected chi connectivity index (χ2v) is 6.49. The van der Waals surface area contributed by atoms with Crippen LogP contribution in [0.5, 0.6) is 0 Å². The molecular weight excluding hydrogens is 334 g/mol. The van der Waals surface area contributed by atoms with Crippen LogP contribution in [0.1, 0.15) is 40.2 Å². The minimum Gasteiger partial charge on any atom is -0.370 e. The van der Waals surface area contributed by atoms with Crippen molar-refractivity contribution in [2.24, 2.45) is 5.92 Å². The van der Waals surface area contributed by atoms with E-state index in [4.69, 9.17) is 5.41 Å². The highest BCUT2D eigenvalue weighted by Crippen LogP contribution is 2.09. The zero-order chi connectivity index (χ0) is 20.2. The van der Waals surface area contributed by atoms with Crippen molar-refractivity contribution in [1.82, 2.24) is 10.3 Å². The van der Waals surface area contributed by atoms with Gasteiger partial charge in [-0.3, -0.25) is 4.98 Å². The van der Waals surface area contributed by atoms with E-state index in [1.807, 2.05) is 58.1 Å². The highest BCUT2D eigenvalue weighted by Gasteiger charge is 2.06. The Balaban J connectivity index is 3.04. The van der Waals surface area contributed by atoms with Gasteiger partial charge in [-0.15, -0.1) is 0 Å². The van der Waals surface area contributed by atoms with E-state index < -0.39 is 6.23 Å². The molecular formula is C23H29N3O. The van der Waals surface area contributed by atoms with Crippen LogP contribution in [0.3, 0.4) is 0 Å². The molecule has 0 bridgehead atoms. The fourth-order valence-corrected chi connectivity index (χ4v) is 2.20. The summed E-state index contributed by atoms with van der Waals surface area (Å²) in [5.74, 6) is 6.51. The van der Waals surface area contributed by atoms with Crippen molar-refractivity contribution < 1.29 is 5.11 Å². The predicted octanol–water partition coefficient (Wildman–Crippen LogP) is 4.37. The van der Waals surface area contributed by atoms with Crippen LogP contribution in [0.25, 0.3) is 0 Å². The number of aromatic nitrogens is 1. The predicted molar refractivity (Wildman–Crippen MR) is 113 cm³/mol. The van der Waals surface area contributed by atoms with E-state index in [9.17, 15) is 5.11 Å². The standard InChI is InChI=1S/C23H29N3O/c1-6-8-18(4)21(11-10-20-9-7-14-25-16-20)12-13-23(27)26-22(19(5)24)15-17(2)3/h6-9,12-17,23-24,26-27H,1-5H3/b8-6-,13-12+,21-18-,22-15+,24-19?. The molecule has 1 unspecified atom stereocenters. The maximum atomic E-state index is 10.3. The van der Waals surface area contributed by atoms with Gasteiger partial charge in [0.1, 0.15) is 6.23 Å². The molecule has 1 aromatic heterocycles. The number of pyridine rings is 1. The molecule has 0 radical (unpaired) electrons. The average Bonchev–Trinajstić information content (AvgIpc) is 2.61. The van der Waals surface area contributed by atoms with Crippen molar-refractivity contribution >= 4 is 5.71 Å². The second-order valence-electron chi connectivity index (χ2n) is 6.49. The number of rotatable bonds is 7. The molecule has 27 heavy (non-hydrogen) atoms. The van der Waals surface area contributed by atoms with E-state index in [1.165, 1.54) is 0 Å². The molecule has 0 saturated carbocycles. The van der Waals surface area contributed by atoms with Crippen LogP contribution in [-0.2, 0) is 0 Å². The second kappa shape index (κ2) is 11.7. The monoisotopic (exact) mass is 363 g/mol. The fraction of sp³-hybridized carbons (Fsp3) is 0.304. The molecule has 1 aromatic rings. The molecule has 0 amide bonds. The summed E-state index contributed by atoms with van der Waals surface area (Å²) in [4.78, 5) is 4.06. The Hall–Kier alpha value is -2.90. The number of hydrogen-bond acceptors (Lipinski definition) is 4. The van der Waals surface area contributed by atoms with Crippen molar-refractivity contribution in [2.45, 2.75) is 40.8 Å². The van der Waals surface area contributed by atoms with Gasteiger partial charge in [0.2, 0.25) is 0 Å². The van der Waals surface area contributed by atoms with Crippen molar-refractivity contribution in [2.75, 3.05) is 0 Å². The molecule has 142 valence electrons. The molecule has 0 fully saturated rings.